The molecule has 2 rings (SSSR count). The summed E-state index contributed by atoms with van der Waals surface area (Å²) >= 11 is 1.12. The Morgan fingerprint density at radius 1 is 1.21 bits per heavy atom. The van der Waals surface area contributed by atoms with Gasteiger partial charge in [0.25, 0.3) is 15.9 Å². The first kappa shape index (κ1) is 18.3. The summed E-state index contributed by atoms with van der Waals surface area (Å²) in [5.74, 6) is 0.440. The molecule has 2 aromatic rings. The van der Waals surface area contributed by atoms with E-state index in [4.69, 9.17) is 4.74 Å². The topological polar surface area (TPSA) is 66.9 Å². The molecule has 0 aliphatic carbocycles. The van der Waals surface area contributed by atoms with Crippen LogP contribution in [-0.2, 0) is 10.0 Å². The number of ether oxygens (including phenoxy) is 1. The number of carbonyl (C=O) groups excluding carboxylic acids is 1. The van der Waals surface area contributed by atoms with Gasteiger partial charge in [-0.25, -0.2) is 8.42 Å². The van der Waals surface area contributed by atoms with E-state index in [0.29, 0.717) is 16.3 Å². The van der Waals surface area contributed by atoms with Gasteiger partial charge in [0.2, 0.25) is 0 Å². The Morgan fingerprint density at radius 3 is 2.33 bits per heavy atom. The molecule has 0 N–H and O–H groups in total. The lowest BCUT2D eigenvalue weighted by molar-refractivity contribution is 0.0832. The molecule has 24 heavy (non-hydrogen) atoms. The third kappa shape index (κ3) is 3.54. The van der Waals surface area contributed by atoms with Crippen molar-refractivity contribution in [1.29, 1.82) is 0 Å². The van der Waals surface area contributed by atoms with Gasteiger partial charge in [0.15, 0.2) is 0 Å². The van der Waals surface area contributed by atoms with Gasteiger partial charge in [-0.1, -0.05) is 0 Å². The van der Waals surface area contributed by atoms with Gasteiger partial charge in [0.05, 0.1) is 22.6 Å². The lowest BCUT2D eigenvalue weighted by Gasteiger charge is -2.22. The average molecular weight is 368 g/mol. The number of methoxy groups -OCH3 is 1. The first-order chi connectivity index (χ1) is 11.3. The summed E-state index contributed by atoms with van der Waals surface area (Å²) in [7, 11) is 1.09. The van der Waals surface area contributed by atoms with E-state index >= 15 is 0 Å². The van der Waals surface area contributed by atoms with Gasteiger partial charge >= 0.3 is 0 Å². The number of amides is 1. The zero-order valence-corrected chi connectivity index (χ0v) is 15.6. The molecule has 0 aliphatic rings. The van der Waals surface area contributed by atoms with Gasteiger partial charge in [-0.05, 0) is 37.3 Å². The normalized spacial score (nSPS) is 11.2. The van der Waals surface area contributed by atoms with E-state index in [-0.39, 0.29) is 17.3 Å². The minimum absolute atomic E-state index is 0.121. The van der Waals surface area contributed by atoms with Crippen LogP contribution in [0, 0.1) is 0 Å². The van der Waals surface area contributed by atoms with Gasteiger partial charge in [-0.15, -0.1) is 11.3 Å². The second kappa shape index (κ2) is 7.23. The van der Waals surface area contributed by atoms with E-state index in [9.17, 15) is 13.2 Å². The average Bonchev–Trinajstić information content (AvgIpc) is 3.06. The standard InChI is InChI=1S/C16H20N2O4S2/c1-5-18(12-6-8-13(22-4)9-7-12)24(20,21)14-10-15(23-11-14)16(19)17(2)3/h6-11H,5H2,1-4H3. The zero-order chi connectivity index (χ0) is 17.9. The number of sulfonamides is 1. The van der Waals surface area contributed by atoms with Crippen molar-refractivity contribution in [3.8, 4) is 5.75 Å². The minimum Gasteiger partial charge on any atom is -0.497 e. The van der Waals surface area contributed by atoms with E-state index < -0.39 is 10.0 Å². The van der Waals surface area contributed by atoms with E-state index in [1.807, 2.05) is 0 Å². The van der Waals surface area contributed by atoms with Crippen LogP contribution in [0.4, 0.5) is 5.69 Å². The van der Waals surface area contributed by atoms with E-state index in [2.05, 4.69) is 0 Å². The molecule has 0 saturated heterocycles. The molecule has 1 aromatic heterocycles. The van der Waals surface area contributed by atoms with Crippen molar-refractivity contribution < 1.29 is 17.9 Å². The van der Waals surface area contributed by atoms with Crippen molar-refractivity contribution in [2.45, 2.75) is 11.8 Å². The van der Waals surface area contributed by atoms with Gasteiger partial charge in [0.1, 0.15) is 5.75 Å². The van der Waals surface area contributed by atoms with Crippen LogP contribution >= 0.6 is 11.3 Å². The van der Waals surface area contributed by atoms with Crippen LogP contribution in [0.2, 0.25) is 0 Å². The highest BCUT2D eigenvalue weighted by atomic mass is 32.2. The van der Waals surface area contributed by atoms with Gasteiger partial charge in [0, 0.05) is 26.0 Å². The summed E-state index contributed by atoms with van der Waals surface area (Å²) in [5, 5.41) is 1.50. The molecule has 0 fully saturated rings. The zero-order valence-electron chi connectivity index (χ0n) is 14.0. The smallest absolute Gasteiger partial charge is 0.265 e. The first-order valence-corrected chi connectivity index (χ1v) is 9.60. The summed E-state index contributed by atoms with van der Waals surface area (Å²) < 4.78 is 32.2. The van der Waals surface area contributed by atoms with Crippen molar-refractivity contribution in [1.82, 2.24) is 4.90 Å². The Kier molecular flexibility index (Phi) is 5.51. The predicted octanol–water partition coefficient (Wildman–Crippen LogP) is 2.67. The molecule has 0 bridgehead atoms. The van der Waals surface area contributed by atoms with E-state index in [0.717, 1.165) is 11.3 Å². The summed E-state index contributed by atoms with van der Waals surface area (Å²) in [6.07, 6.45) is 0. The Bertz CT molecular complexity index is 811. The molecule has 0 atom stereocenters. The van der Waals surface area contributed by atoms with E-state index in [1.165, 1.54) is 20.7 Å². The fraction of sp³-hybridized carbons (Fsp3) is 0.312. The molecule has 0 saturated carbocycles. The fourth-order valence-corrected chi connectivity index (χ4v) is 4.91. The lowest BCUT2D eigenvalue weighted by atomic mass is 10.3. The number of hydrogen-bond donors (Lipinski definition) is 0. The largest absolute Gasteiger partial charge is 0.497 e. The molecule has 6 nitrogen and oxygen atoms in total. The highest BCUT2D eigenvalue weighted by Gasteiger charge is 2.26. The molecule has 1 aromatic carbocycles. The number of carbonyl (C=O) groups is 1. The summed E-state index contributed by atoms with van der Waals surface area (Å²) in [5.41, 5.74) is 0.546. The van der Waals surface area contributed by atoms with Crippen LogP contribution in [-0.4, -0.2) is 47.0 Å². The molecule has 0 unspecified atom stereocenters. The third-order valence-electron chi connectivity index (χ3n) is 3.43. The summed E-state index contributed by atoms with van der Waals surface area (Å²) in [4.78, 5) is 13.9. The molecule has 1 heterocycles. The van der Waals surface area contributed by atoms with Crippen LogP contribution < -0.4 is 9.04 Å². The highest BCUT2D eigenvalue weighted by Crippen LogP contribution is 2.28. The maximum absolute atomic E-state index is 12.9. The summed E-state index contributed by atoms with van der Waals surface area (Å²) in [6.45, 7) is 2.04. The van der Waals surface area contributed by atoms with Crippen LogP contribution in [0.1, 0.15) is 16.6 Å². The Hall–Kier alpha value is -2.06. The van der Waals surface area contributed by atoms with E-state index in [1.54, 1.807) is 52.4 Å². The number of thiophene rings is 1. The van der Waals surface area contributed by atoms with Crippen molar-refractivity contribution in [3.63, 3.8) is 0 Å². The van der Waals surface area contributed by atoms with Gasteiger partial charge in [-0.3, -0.25) is 9.10 Å². The number of nitrogens with zero attached hydrogens (tertiary/aromatic N) is 2. The van der Waals surface area contributed by atoms with Crippen molar-refractivity contribution >= 4 is 33.0 Å². The van der Waals surface area contributed by atoms with Crippen molar-refractivity contribution in [2.75, 3.05) is 32.1 Å². The summed E-state index contributed by atoms with van der Waals surface area (Å²) in [6, 6.07) is 8.23. The second-order valence-corrected chi connectivity index (χ2v) is 7.99. The first-order valence-electron chi connectivity index (χ1n) is 7.28. The molecule has 1 amide bonds. The SMILES string of the molecule is CCN(c1ccc(OC)cc1)S(=O)(=O)c1csc(C(=O)N(C)C)c1. The third-order valence-corrected chi connectivity index (χ3v) is 6.38. The molecular formula is C16H20N2O4S2. The molecule has 0 radical (unpaired) electrons. The number of benzene rings is 1. The van der Waals surface area contributed by atoms with Gasteiger partial charge in [-0.2, -0.15) is 0 Å². The Morgan fingerprint density at radius 2 is 1.83 bits per heavy atom. The highest BCUT2D eigenvalue weighted by molar-refractivity contribution is 7.93. The van der Waals surface area contributed by atoms with Crippen LogP contribution in [0.15, 0.2) is 40.6 Å². The van der Waals surface area contributed by atoms with Crippen LogP contribution in [0.25, 0.3) is 0 Å². The molecule has 130 valence electrons. The number of rotatable bonds is 6. The monoisotopic (exact) mass is 368 g/mol. The Balaban J connectivity index is 2.37. The van der Waals surface area contributed by atoms with Crippen LogP contribution in [0.5, 0.6) is 5.75 Å². The minimum atomic E-state index is -3.73. The predicted molar refractivity (Wildman–Crippen MR) is 95.5 cm³/mol. The lowest BCUT2D eigenvalue weighted by Crippen LogP contribution is -2.30. The quantitative estimate of drug-likeness (QED) is 0.786. The molecule has 0 spiro atoms. The van der Waals surface area contributed by atoms with Gasteiger partial charge < -0.3 is 9.64 Å². The second-order valence-electron chi connectivity index (χ2n) is 5.21. The van der Waals surface area contributed by atoms with Crippen LogP contribution in [0.3, 0.4) is 0 Å². The maximum Gasteiger partial charge on any atom is 0.265 e. The molecule has 0 aliphatic heterocycles. The van der Waals surface area contributed by atoms with Crippen molar-refractivity contribution in [2.24, 2.45) is 0 Å². The fourth-order valence-electron chi connectivity index (χ4n) is 2.15. The molecular weight excluding hydrogens is 348 g/mol. The molecule has 8 heteroatoms. The van der Waals surface area contributed by atoms with Crippen molar-refractivity contribution in [3.05, 3.63) is 40.6 Å². The maximum atomic E-state index is 12.9. The number of anilines is 1. The Labute approximate surface area is 146 Å². The number of hydrogen-bond acceptors (Lipinski definition) is 5.